The molecule has 1 N–H and O–H groups in total. The first-order valence-corrected chi connectivity index (χ1v) is 9.01. The number of nitrogens with one attached hydrogen (secondary N) is 1. The molecule has 0 bridgehead atoms. The van der Waals surface area contributed by atoms with Crippen LogP contribution in [0.2, 0.25) is 0 Å². The van der Waals surface area contributed by atoms with Gasteiger partial charge in [-0.2, -0.15) is 4.98 Å². The van der Waals surface area contributed by atoms with E-state index in [9.17, 15) is 4.79 Å². The van der Waals surface area contributed by atoms with E-state index in [0.29, 0.717) is 28.6 Å². The van der Waals surface area contributed by atoms with Crippen LogP contribution in [0.4, 0.5) is 5.69 Å². The average Bonchev–Trinajstić information content (AvgIpc) is 3.18. The van der Waals surface area contributed by atoms with Gasteiger partial charge in [0.05, 0.1) is 7.11 Å². The number of fused-ring (bicyclic) bond motifs is 1. The lowest BCUT2D eigenvalue weighted by Gasteiger charge is -2.11. The number of carbonyl (C=O) groups is 1. The van der Waals surface area contributed by atoms with Crippen LogP contribution in [-0.2, 0) is 4.79 Å². The highest BCUT2D eigenvalue weighted by Crippen LogP contribution is 2.27. The summed E-state index contributed by atoms with van der Waals surface area (Å²) in [6.45, 7) is 1.81. The van der Waals surface area contributed by atoms with Crippen molar-refractivity contribution in [2.45, 2.75) is 6.92 Å². The SMILES string of the molecule is COc1ccc(OCC(=O)Nc2cc(-c3nc4ncccc4o3)ccc2C)cc1. The van der Waals surface area contributed by atoms with Gasteiger partial charge in [-0.3, -0.25) is 4.79 Å². The number of methoxy groups -OCH3 is 1. The zero-order chi connectivity index (χ0) is 20.2. The van der Waals surface area contributed by atoms with Gasteiger partial charge in [0.25, 0.3) is 5.91 Å². The van der Waals surface area contributed by atoms with Crippen molar-refractivity contribution in [1.29, 1.82) is 0 Å². The highest BCUT2D eigenvalue weighted by atomic mass is 16.5. The van der Waals surface area contributed by atoms with Crippen molar-refractivity contribution in [3.63, 3.8) is 0 Å². The summed E-state index contributed by atoms with van der Waals surface area (Å²) in [5.41, 5.74) is 3.49. The molecular weight excluding hydrogens is 370 g/mol. The minimum absolute atomic E-state index is 0.108. The molecule has 0 aliphatic rings. The fourth-order valence-corrected chi connectivity index (χ4v) is 2.79. The molecule has 146 valence electrons. The molecule has 0 aliphatic heterocycles. The molecule has 7 heteroatoms. The summed E-state index contributed by atoms with van der Waals surface area (Å²) in [5, 5.41) is 2.87. The molecule has 2 aromatic carbocycles. The second-order valence-corrected chi connectivity index (χ2v) is 6.39. The molecule has 0 saturated heterocycles. The first-order chi connectivity index (χ1) is 14.1. The van der Waals surface area contributed by atoms with Crippen LogP contribution >= 0.6 is 0 Å². The van der Waals surface area contributed by atoms with Gasteiger partial charge < -0.3 is 19.2 Å². The van der Waals surface area contributed by atoms with Crippen molar-refractivity contribution in [3.05, 3.63) is 66.4 Å². The van der Waals surface area contributed by atoms with E-state index in [1.165, 1.54) is 0 Å². The Morgan fingerprint density at radius 2 is 1.90 bits per heavy atom. The van der Waals surface area contributed by atoms with Crippen molar-refractivity contribution >= 4 is 22.8 Å². The smallest absolute Gasteiger partial charge is 0.262 e. The van der Waals surface area contributed by atoms with E-state index < -0.39 is 0 Å². The predicted molar refractivity (Wildman–Crippen MR) is 109 cm³/mol. The molecule has 1 amide bonds. The predicted octanol–water partition coefficient (Wildman–Crippen LogP) is 4.22. The highest BCUT2D eigenvalue weighted by molar-refractivity contribution is 5.93. The van der Waals surface area contributed by atoms with Crippen LogP contribution in [0.5, 0.6) is 11.5 Å². The zero-order valence-electron chi connectivity index (χ0n) is 16.0. The Labute approximate surface area is 167 Å². The first-order valence-electron chi connectivity index (χ1n) is 9.01. The van der Waals surface area contributed by atoms with Gasteiger partial charge in [-0.05, 0) is 61.0 Å². The lowest BCUT2D eigenvalue weighted by molar-refractivity contribution is -0.118. The van der Waals surface area contributed by atoms with Crippen molar-refractivity contribution < 1.29 is 18.7 Å². The van der Waals surface area contributed by atoms with Crippen LogP contribution in [-0.4, -0.2) is 29.6 Å². The molecule has 0 spiro atoms. The van der Waals surface area contributed by atoms with Gasteiger partial charge in [-0.25, -0.2) is 4.98 Å². The molecule has 0 unspecified atom stereocenters. The number of nitrogens with zero attached hydrogens (tertiary/aromatic N) is 2. The van der Waals surface area contributed by atoms with Gasteiger partial charge in [0.1, 0.15) is 11.5 Å². The Bertz CT molecular complexity index is 1120. The van der Waals surface area contributed by atoms with Crippen LogP contribution in [0.15, 0.2) is 65.2 Å². The minimum atomic E-state index is -0.264. The van der Waals surface area contributed by atoms with Gasteiger partial charge >= 0.3 is 0 Å². The van der Waals surface area contributed by atoms with Crippen LogP contribution in [0.1, 0.15) is 5.56 Å². The Balaban J connectivity index is 1.46. The number of rotatable bonds is 6. The number of oxazole rings is 1. The molecule has 0 atom stereocenters. The number of carbonyl (C=O) groups excluding carboxylic acids is 1. The Morgan fingerprint density at radius 1 is 1.10 bits per heavy atom. The zero-order valence-corrected chi connectivity index (χ0v) is 16.0. The maximum absolute atomic E-state index is 12.3. The number of amides is 1. The molecule has 4 aromatic rings. The van der Waals surface area contributed by atoms with Gasteiger partial charge in [-0.1, -0.05) is 6.07 Å². The molecule has 2 heterocycles. The molecule has 4 rings (SSSR count). The number of pyridine rings is 1. The van der Waals surface area contributed by atoms with E-state index >= 15 is 0 Å². The molecular formula is C22H19N3O4. The van der Waals surface area contributed by atoms with Crippen molar-refractivity contribution in [2.75, 3.05) is 19.0 Å². The topological polar surface area (TPSA) is 86.5 Å². The third-order valence-corrected chi connectivity index (χ3v) is 4.35. The Morgan fingerprint density at radius 3 is 2.66 bits per heavy atom. The maximum Gasteiger partial charge on any atom is 0.262 e. The third kappa shape index (κ3) is 4.19. The molecule has 0 radical (unpaired) electrons. The van der Waals surface area contributed by atoms with Crippen molar-refractivity contribution in [1.82, 2.24) is 9.97 Å². The largest absolute Gasteiger partial charge is 0.497 e. The van der Waals surface area contributed by atoms with E-state index in [1.54, 1.807) is 43.6 Å². The van der Waals surface area contributed by atoms with Crippen LogP contribution in [0.3, 0.4) is 0 Å². The van der Waals surface area contributed by atoms with E-state index in [4.69, 9.17) is 13.9 Å². The minimum Gasteiger partial charge on any atom is -0.497 e. The number of hydrogen-bond acceptors (Lipinski definition) is 6. The summed E-state index contributed by atoms with van der Waals surface area (Å²) in [6.07, 6.45) is 1.66. The number of aryl methyl sites for hydroxylation is 1. The van der Waals surface area contributed by atoms with Gasteiger partial charge in [0.2, 0.25) is 5.89 Å². The van der Waals surface area contributed by atoms with Crippen molar-refractivity contribution in [2.24, 2.45) is 0 Å². The Kier molecular flexibility index (Phi) is 5.11. The maximum atomic E-state index is 12.3. The number of aromatic nitrogens is 2. The van der Waals surface area contributed by atoms with Gasteiger partial charge in [0.15, 0.2) is 17.8 Å². The first kappa shape index (κ1) is 18.5. The molecule has 7 nitrogen and oxygen atoms in total. The molecule has 0 saturated carbocycles. The van der Waals surface area contributed by atoms with E-state index in [1.807, 2.05) is 31.2 Å². The molecule has 29 heavy (non-hydrogen) atoms. The molecule has 0 fully saturated rings. The molecule has 0 aliphatic carbocycles. The lowest BCUT2D eigenvalue weighted by Crippen LogP contribution is -2.20. The van der Waals surface area contributed by atoms with Gasteiger partial charge in [-0.15, -0.1) is 0 Å². The van der Waals surface area contributed by atoms with Crippen LogP contribution < -0.4 is 14.8 Å². The highest BCUT2D eigenvalue weighted by Gasteiger charge is 2.12. The summed E-state index contributed by atoms with van der Waals surface area (Å²) in [5.74, 6) is 1.50. The Hall–Kier alpha value is -3.87. The monoisotopic (exact) mass is 389 g/mol. The van der Waals surface area contributed by atoms with Gasteiger partial charge in [0, 0.05) is 17.4 Å². The summed E-state index contributed by atoms with van der Waals surface area (Å²) >= 11 is 0. The summed E-state index contributed by atoms with van der Waals surface area (Å²) < 4.78 is 16.4. The van der Waals surface area contributed by atoms with E-state index in [0.717, 1.165) is 16.9 Å². The number of ether oxygens (including phenoxy) is 2. The standard InChI is InChI=1S/C22H19N3O4/c1-14-5-6-15(22-25-21-19(29-22)4-3-11-23-21)12-18(14)24-20(26)13-28-17-9-7-16(27-2)8-10-17/h3-12H,13H2,1-2H3,(H,24,26). The molecule has 2 aromatic heterocycles. The summed E-state index contributed by atoms with van der Waals surface area (Å²) in [6, 6.07) is 16.3. The second kappa shape index (κ2) is 8.02. The van der Waals surface area contributed by atoms with Crippen molar-refractivity contribution in [3.8, 4) is 23.0 Å². The second-order valence-electron chi connectivity index (χ2n) is 6.39. The fraction of sp³-hybridized carbons (Fsp3) is 0.136. The average molecular weight is 389 g/mol. The summed E-state index contributed by atoms with van der Waals surface area (Å²) in [4.78, 5) is 20.9. The number of benzene rings is 2. The summed E-state index contributed by atoms with van der Waals surface area (Å²) in [7, 11) is 1.59. The number of hydrogen-bond donors (Lipinski definition) is 1. The quantitative estimate of drug-likeness (QED) is 0.531. The van der Waals surface area contributed by atoms with Crippen LogP contribution in [0.25, 0.3) is 22.7 Å². The normalized spacial score (nSPS) is 10.7. The fourth-order valence-electron chi connectivity index (χ4n) is 2.79. The van der Waals surface area contributed by atoms with E-state index in [-0.39, 0.29) is 12.5 Å². The number of anilines is 1. The lowest BCUT2D eigenvalue weighted by atomic mass is 10.1. The third-order valence-electron chi connectivity index (χ3n) is 4.35. The van der Waals surface area contributed by atoms with Crippen LogP contribution in [0, 0.1) is 6.92 Å². The van der Waals surface area contributed by atoms with E-state index in [2.05, 4.69) is 15.3 Å².